The van der Waals surface area contributed by atoms with E-state index in [0.717, 1.165) is 0 Å². The number of nitrogens with one attached hydrogen (secondary N) is 1. The van der Waals surface area contributed by atoms with Crippen molar-refractivity contribution in [3.8, 4) is 0 Å². The number of aryl methyl sites for hydroxylation is 1. The molecule has 0 radical (unpaired) electrons. The number of carbonyl (C=O) groups is 2. The lowest BCUT2D eigenvalue weighted by Gasteiger charge is -2.09. The summed E-state index contributed by atoms with van der Waals surface area (Å²) in [4.78, 5) is 22.4. The second kappa shape index (κ2) is 4.59. The molecule has 82 valence electrons. The van der Waals surface area contributed by atoms with Crippen molar-refractivity contribution in [2.24, 2.45) is 0 Å². The first kappa shape index (κ1) is 11.2. The van der Waals surface area contributed by atoms with Crippen LogP contribution in [0.5, 0.6) is 0 Å². The van der Waals surface area contributed by atoms with Crippen molar-refractivity contribution in [1.29, 1.82) is 0 Å². The molecule has 0 aliphatic rings. The number of esters is 1. The summed E-state index contributed by atoms with van der Waals surface area (Å²) in [6, 6.07) is 0.771. The minimum absolute atomic E-state index is 0.0725. The topological polar surface area (TPSA) is 81.4 Å². The van der Waals surface area contributed by atoms with Gasteiger partial charge >= 0.3 is 5.97 Å². The fourth-order valence-electron chi connectivity index (χ4n) is 0.974. The second-order valence-electron chi connectivity index (χ2n) is 3.05. The van der Waals surface area contributed by atoms with Gasteiger partial charge in [0.2, 0.25) is 5.76 Å². The summed E-state index contributed by atoms with van der Waals surface area (Å²) in [5.41, 5.74) is 0.603. The highest BCUT2D eigenvalue weighted by atomic mass is 16.5. The summed E-state index contributed by atoms with van der Waals surface area (Å²) >= 11 is 0. The summed E-state index contributed by atoms with van der Waals surface area (Å²) in [7, 11) is 1.25. The van der Waals surface area contributed by atoms with Gasteiger partial charge in [-0.25, -0.2) is 4.79 Å². The summed E-state index contributed by atoms with van der Waals surface area (Å²) in [5, 5.41) is 5.97. The molecule has 1 aromatic rings. The molecular formula is C9H12N2O4. The van der Waals surface area contributed by atoms with E-state index in [1.165, 1.54) is 20.1 Å². The van der Waals surface area contributed by atoms with Gasteiger partial charge in [-0.05, 0) is 13.8 Å². The first-order valence-electron chi connectivity index (χ1n) is 4.36. The maximum Gasteiger partial charge on any atom is 0.328 e. The van der Waals surface area contributed by atoms with Gasteiger partial charge in [0.05, 0.1) is 12.8 Å². The molecule has 1 rings (SSSR count). The highest BCUT2D eigenvalue weighted by molar-refractivity contribution is 5.94. The van der Waals surface area contributed by atoms with Crippen LogP contribution in [0.4, 0.5) is 0 Å². The Morgan fingerprint density at radius 2 is 2.27 bits per heavy atom. The number of carbonyl (C=O) groups excluding carboxylic acids is 2. The van der Waals surface area contributed by atoms with Gasteiger partial charge in [-0.15, -0.1) is 0 Å². The Kier molecular flexibility index (Phi) is 3.43. The molecule has 0 fully saturated rings. The molecule has 1 atom stereocenters. The standard InChI is InChI=1S/C9H12N2O4/c1-5-4-7(15-11-5)8(12)10-6(2)9(13)14-3/h4,6H,1-3H3,(H,10,12). The molecular weight excluding hydrogens is 200 g/mol. The molecule has 0 bridgehead atoms. The molecule has 1 N–H and O–H groups in total. The minimum Gasteiger partial charge on any atom is -0.467 e. The molecule has 0 aliphatic heterocycles. The Hall–Kier alpha value is -1.85. The van der Waals surface area contributed by atoms with Gasteiger partial charge in [0.25, 0.3) is 5.91 Å². The Morgan fingerprint density at radius 1 is 1.60 bits per heavy atom. The maximum absolute atomic E-state index is 11.4. The number of aromatic nitrogens is 1. The van der Waals surface area contributed by atoms with Crippen molar-refractivity contribution in [2.45, 2.75) is 19.9 Å². The molecule has 6 heteroatoms. The fourth-order valence-corrected chi connectivity index (χ4v) is 0.974. The highest BCUT2D eigenvalue weighted by Gasteiger charge is 2.19. The Balaban J connectivity index is 2.60. The zero-order chi connectivity index (χ0) is 11.4. The number of amides is 1. The van der Waals surface area contributed by atoms with Crippen molar-refractivity contribution in [3.05, 3.63) is 17.5 Å². The van der Waals surface area contributed by atoms with Crippen LogP contribution in [-0.4, -0.2) is 30.2 Å². The molecule has 0 spiro atoms. The number of methoxy groups -OCH3 is 1. The summed E-state index contributed by atoms with van der Waals surface area (Å²) in [5.74, 6) is -0.934. The van der Waals surface area contributed by atoms with Crippen molar-refractivity contribution < 1.29 is 18.8 Å². The Bertz CT molecular complexity index is 372. The highest BCUT2D eigenvalue weighted by Crippen LogP contribution is 2.02. The number of nitrogens with zero attached hydrogens (tertiary/aromatic N) is 1. The van der Waals surface area contributed by atoms with E-state index in [0.29, 0.717) is 5.69 Å². The smallest absolute Gasteiger partial charge is 0.328 e. The van der Waals surface area contributed by atoms with Gasteiger partial charge in [0.15, 0.2) is 0 Å². The van der Waals surface area contributed by atoms with Gasteiger partial charge in [0.1, 0.15) is 6.04 Å². The molecule has 0 saturated heterocycles. The normalized spacial score (nSPS) is 11.9. The SMILES string of the molecule is COC(=O)C(C)NC(=O)c1cc(C)no1. The van der Waals surface area contributed by atoms with Crippen LogP contribution in [0, 0.1) is 6.92 Å². The quantitative estimate of drug-likeness (QED) is 0.727. The molecule has 1 aromatic heterocycles. The van der Waals surface area contributed by atoms with Crippen LogP contribution in [0.15, 0.2) is 10.6 Å². The van der Waals surface area contributed by atoms with Crippen LogP contribution in [0.25, 0.3) is 0 Å². The molecule has 1 unspecified atom stereocenters. The monoisotopic (exact) mass is 212 g/mol. The van der Waals surface area contributed by atoms with Crippen LogP contribution in [0.2, 0.25) is 0 Å². The van der Waals surface area contributed by atoms with Crippen LogP contribution in [0.1, 0.15) is 23.2 Å². The van der Waals surface area contributed by atoms with Gasteiger partial charge in [-0.3, -0.25) is 4.79 Å². The van der Waals surface area contributed by atoms with E-state index in [2.05, 4.69) is 15.2 Å². The molecule has 0 aliphatic carbocycles. The lowest BCUT2D eigenvalue weighted by molar-refractivity contribution is -0.142. The van der Waals surface area contributed by atoms with Gasteiger partial charge in [-0.2, -0.15) is 0 Å². The third-order valence-corrected chi connectivity index (χ3v) is 1.75. The number of ether oxygens (including phenoxy) is 1. The molecule has 0 saturated carbocycles. The second-order valence-corrected chi connectivity index (χ2v) is 3.05. The molecule has 15 heavy (non-hydrogen) atoms. The van der Waals surface area contributed by atoms with E-state index in [1.807, 2.05) is 0 Å². The molecule has 1 amide bonds. The van der Waals surface area contributed by atoms with Crippen molar-refractivity contribution in [1.82, 2.24) is 10.5 Å². The van der Waals surface area contributed by atoms with E-state index in [9.17, 15) is 9.59 Å². The van der Waals surface area contributed by atoms with E-state index in [4.69, 9.17) is 4.52 Å². The average Bonchev–Trinajstić information content (AvgIpc) is 2.63. The lowest BCUT2D eigenvalue weighted by atomic mass is 10.3. The third kappa shape index (κ3) is 2.80. The zero-order valence-electron chi connectivity index (χ0n) is 8.73. The van der Waals surface area contributed by atoms with Crippen molar-refractivity contribution in [2.75, 3.05) is 7.11 Å². The third-order valence-electron chi connectivity index (χ3n) is 1.75. The number of hydrogen-bond acceptors (Lipinski definition) is 5. The zero-order valence-corrected chi connectivity index (χ0v) is 8.73. The van der Waals surface area contributed by atoms with Crippen LogP contribution < -0.4 is 5.32 Å². The van der Waals surface area contributed by atoms with E-state index in [-0.39, 0.29) is 5.76 Å². The fraction of sp³-hybridized carbons (Fsp3) is 0.444. The molecule has 1 heterocycles. The molecule has 0 aromatic carbocycles. The predicted molar refractivity (Wildman–Crippen MR) is 50.2 cm³/mol. The largest absolute Gasteiger partial charge is 0.467 e. The van der Waals surface area contributed by atoms with Crippen LogP contribution >= 0.6 is 0 Å². The van der Waals surface area contributed by atoms with Crippen molar-refractivity contribution in [3.63, 3.8) is 0 Å². The number of hydrogen-bond donors (Lipinski definition) is 1. The summed E-state index contributed by atoms with van der Waals surface area (Å²) in [6.07, 6.45) is 0. The van der Waals surface area contributed by atoms with E-state index in [1.54, 1.807) is 6.92 Å². The lowest BCUT2D eigenvalue weighted by Crippen LogP contribution is -2.38. The average molecular weight is 212 g/mol. The van der Waals surface area contributed by atoms with Gasteiger partial charge in [0, 0.05) is 6.07 Å². The molecule has 6 nitrogen and oxygen atoms in total. The number of rotatable bonds is 3. The first-order valence-corrected chi connectivity index (χ1v) is 4.36. The first-order chi connectivity index (χ1) is 7.04. The van der Waals surface area contributed by atoms with E-state index >= 15 is 0 Å². The van der Waals surface area contributed by atoms with Crippen molar-refractivity contribution >= 4 is 11.9 Å². The maximum atomic E-state index is 11.4. The Labute approximate surface area is 86.6 Å². The Morgan fingerprint density at radius 3 is 2.73 bits per heavy atom. The predicted octanol–water partition coefficient (Wildman–Crippen LogP) is 0.274. The minimum atomic E-state index is -0.715. The summed E-state index contributed by atoms with van der Waals surface area (Å²) in [6.45, 7) is 3.22. The van der Waals surface area contributed by atoms with Gasteiger partial charge < -0.3 is 14.6 Å². The van der Waals surface area contributed by atoms with E-state index < -0.39 is 17.9 Å². The summed E-state index contributed by atoms with van der Waals surface area (Å²) < 4.78 is 9.18. The van der Waals surface area contributed by atoms with Crippen LogP contribution in [0.3, 0.4) is 0 Å². The van der Waals surface area contributed by atoms with Crippen LogP contribution in [-0.2, 0) is 9.53 Å². The van der Waals surface area contributed by atoms with Gasteiger partial charge in [-0.1, -0.05) is 5.16 Å².